The summed E-state index contributed by atoms with van der Waals surface area (Å²) in [6, 6.07) is -0.632. The Bertz CT molecular complexity index is 639. The quantitative estimate of drug-likeness (QED) is 0.0945. The van der Waals surface area contributed by atoms with E-state index < -0.39 is 11.9 Å². The summed E-state index contributed by atoms with van der Waals surface area (Å²) in [5.74, 6) is -1.14. The van der Waals surface area contributed by atoms with E-state index in [1.165, 1.54) is 27.1 Å². The Morgan fingerprint density at radius 3 is 1.56 bits per heavy atom. The molecule has 0 rings (SSSR count). The molecule has 4 atom stereocenters. The van der Waals surface area contributed by atoms with E-state index in [9.17, 15) is 19.2 Å². The molecule has 0 aliphatic rings. The average Bonchev–Trinajstić information content (AvgIpc) is 2.92. The van der Waals surface area contributed by atoms with Crippen LogP contribution in [-0.2, 0) is 28.7 Å². The Hall–Kier alpha value is -1.91. The van der Waals surface area contributed by atoms with Gasteiger partial charge in [-0.2, -0.15) is 0 Å². The lowest BCUT2D eigenvalue weighted by atomic mass is 10.0. The molecule has 0 aromatic heterocycles. The first-order chi connectivity index (χ1) is 18.4. The number of amides is 2. The molecule has 0 aliphatic heterocycles. The Morgan fingerprint density at radius 2 is 1.21 bits per heavy atom. The minimum absolute atomic E-state index is 0.130. The maximum Gasteiger partial charge on any atom is 0.305 e. The van der Waals surface area contributed by atoms with Gasteiger partial charge in [-0.1, -0.05) is 66.2 Å². The molecular weight excluding hydrogens is 524 g/mol. The SMILES string of the molecule is CCC(N)C(N)=O.CCCCCC(CCC(=O)OC)NC(CC)C(N)=O.CCCCCC(Cl)CCC(=O)OC. The minimum atomic E-state index is -0.458. The molecule has 0 aromatic rings. The van der Waals surface area contributed by atoms with Gasteiger partial charge in [0.1, 0.15) is 0 Å². The van der Waals surface area contributed by atoms with Crippen LogP contribution in [0.1, 0.15) is 118 Å². The zero-order valence-electron chi connectivity index (χ0n) is 25.3. The molecule has 0 saturated heterocycles. The second-order valence-corrected chi connectivity index (χ2v) is 10.1. The third-order valence-corrected chi connectivity index (χ3v) is 6.52. The smallest absolute Gasteiger partial charge is 0.305 e. The molecule has 2 amide bonds. The van der Waals surface area contributed by atoms with Crippen LogP contribution in [0.4, 0.5) is 0 Å². The van der Waals surface area contributed by atoms with Gasteiger partial charge in [0.15, 0.2) is 0 Å². The highest BCUT2D eigenvalue weighted by Crippen LogP contribution is 2.14. The van der Waals surface area contributed by atoms with Gasteiger partial charge in [0, 0.05) is 24.3 Å². The maximum atomic E-state index is 11.3. The summed E-state index contributed by atoms with van der Waals surface area (Å²) in [5.41, 5.74) is 15.3. The lowest BCUT2D eigenvalue weighted by Crippen LogP contribution is -2.46. The van der Waals surface area contributed by atoms with Crippen molar-refractivity contribution in [3.63, 3.8) is 0 Å². The van der Waals surface area contributed by atoms with E-state index in [0.717, 1.165) is 44.9 Å². The fourth-order valence-corrected chi connectivity index (χ4v) is 3.63. The Kier molecular flexibility index (Phi) is 31.0. The fourth-order valence-electron chi connectivity index (χ4n) is 3.37. The summed E-state index contributed by atoms with van der Waals surface area (Å²) in [4.78, 5) is 43.2. The van der Waals surface area contributed by atoms with Crippen molar-refractivity contribution in [2.24, 2.45) is 17.2 Å². The highest BCUT2D eigenvalue weighted by atomic mass is 35.5. The lowest BCUT2D eigenvalue weighted by molar-refractivity contribution is -0.141. The predicted octanol–water partition coefficient (Wildman–Crippen LogP) is 4.08. The number of nitrogens with one attached hydrogen (secondary N) is 1. The topological polar surface area (TPSA) is 177 Å². The first kappa shape index (κ1) is 41.6. The Labute approximate surface area is 241 Å². The van der Waals surface area contributed by atoms with Crippen LogP contribution in [0.25, 0.3) is 0 Å². The van der Waals surface area contributed by atoms with Gasteiger partial charge in [0.25, 0.3) is 0 Å². The van der Waals surface area contributed by atoms with Crippen LogP contribution in [0.2, 0.25) is 0 Å². The van der Waals surface area contributed by atoms with Gasteiger partial charge in [-0.3, -0.25) is 19.2 Å². The number of nitrogens with two attached hydrogens (primary N) is 3. The minimum Gasteiger partial charge on any atom is -0.469 e. The van der Waals surface area contributed by atoms with Crippen LogP contribution in [0, 0.1) is 0 Å². The van der Waals surface area contributed by atoms with E-state index in [-0.39, 0.29) is 35.3 Å². The molecule has 232 valence electrons. The summed E-state index contributed by atoms with van der Waals surface area (Å²) < 4.78 is 9.18. The van der Waals surface area contributed by atoms with Crippen molar-refractivity contribution in [2.45, 2.75) is 141 Å². The van der Waals surface area contributed by atoms with Crippen LogP contribution in [0.15, 0.2) is 0 Å². The van der Waals surface area contributed by atoms with E-state index in [1.54, 1.807) is 0 Å². The number of rotatable bonds is 20. The number of carbonyl (C=O) groups is 4. The van der Waals surface area contributed by atoms with Crippen molar-refractivity contribution in [1.82, 2.24) is 5.32 Å². The molecule has 0 fully saturated rings. The molecule has 0 aliphatic carbocycles. The molecule has 0 aromatic carbocycles. The molecule has 0 bridgehead atoms. The fraction of sp³-hybridized carbons (Fsp3) is 0.857. The molecule has 39 heavy (non-hydrogen) atoms. The van der Waals surface area contributed by atoms with Gasteiger partial charge in [-0.25, -0.2) is 0 Å². The van der Waals surface area contributed by atoms with E-state index in [4.69, 9.17) is 28.8 Å². The zero-order valence-corrected chi connectivity index (χ0v) is 26.0. The van der Waals surface area contributed by atoms with E-state index in [1.807, 2.05) is 13.8 Å². The number of halogens is 1. The van der Waals surface area contributed by atoms with Crippen molar-refractivity contribution in [2.75, 3.05) is 14.2 Å². The zero-order chi connectivity index (χ0) is 30.6. The van der Waals surface area contributed by atoms with Crippen molar-refractivity contribution < 1.29 is 28.7 Å². The molecule has 7 N–H and O–H groups in total. The molecular formula is C28H57ClN4O6. The van der Waals surface area contributed by atoms with E-state index in [2.05, 4.69) is 28.6 Å². The van der Waals surface area contributed by atoms with Gasteiger partial charge in [0.05, 0.1) is 26.3 Å². The number of unbranched alkanes of at least 4 members (excludes halogenated alkanes) is 4. The van der Waals surface area contributed by atoms with Crippen molar-refractivity contribution in [1.29, 1.82) is 0 Å². The summed E-state index contributed by atoms with van der Waals surface area (Å²) in [7, 11) is 2.79. The monoisotopic (exact) mass is 580 g/mol. The number of esters is 2. The Morgan fingerprint density at radius 1 is 0.718 bits per heavy atom. The molecule has 0 heterocycles. The molecule has 11 heteroatoms. The number of ether oxygens (including phenoxy) is 2. The van der Waals surface area contributed by atoms with Crippen molar-refractivity contribution in [3.8, 4) is 0 Å². The Balaban J connectivity index is -0.000000558. The lowest BCUT2D eigenvalue weighted by Gasteiger charge is -2.23. The number of carbonyl (C=O) groups excluding carboxylic acids is 4. The van der Waals surface area contributed by atoms with Crippen LogP contribution < -0.4 is 22.5 Å². The number of alkyl halides is 1. The van der Waals surface area contributed by atoms with E-state index >= 15 is 0 Å². The number of methoxy groups -OCH3 is 2. The van der Waals surface area contributed by atoms with Crippen molar-refractivity contribution >= 4 is 35.4 Å². The van der Waals surface area contributed by atoms with Gasteiger partial charge < -0.3 is 32.0 Å². The third kappa shape index (κ3) is 28.9. The second kappa shape index (κ2) is 29.1. The standard InChI is InChI=1S/C14H28N2O3.C10H19ClO2.C4H10N2O/c1-4-6-7-8-11(9-10-13(17)19-3)16-12(5-2)14(15)18;1-3-4-5-6-9(11)7-8-10(12)13-2;1-2-3(5)4(6)7/h11-12,16H,4-10H2,1-3H3,(H2,15,18);9H,3-8H2,1-2H3;3H,2,5H2,1H3,(H2,6,7). The van der Waals surface area contributed by atoms with Crippen LogP contribution in [0.5, 0.6) is 0 Å². The summed E-state index contributed by atoms with van der Waals surface area (Å²) in [5, 5.41) is 3.39. The maximum absolute atomic E-state index is 11.3. The van der Waals surface area contributed by atoms with Gasteiger partial charge >= 0.3 is 11.9 Å². The first-order valence-corrected chi connectivity index (χ1v) is 14.7. The summed E-state index contributed by atoms with van der Waals surface area (Å²) in [6.07, 6.45) is 12.5. The molecule has 0 saturated carbocycles. The van der Waals surface area contributed by atoms with Gasteiger partial charge in [0.2, 0.25) is 11.8 Å². The summed E-state index contributed by atoms with van der Waals surface area (Å²) in [6.45, 7) is 8.05. The van der Waals surface area contributed by atoms with Gasteiger partial charge in [-0.15, -0.1) is 11.6 Å². The molecule has 10 nitrogen and oxygen atoms in total. The van der Waals surface area contributed by atoms with Crippen LogP contribution in [-0.4, -0.2) is 61.5 Å². The second-order valence-electron chi connectivity index (χ2n) is 9.46. The highest BCUT2D eigenvalue weighted by molar-refractivity contribution is 6.20. The molecule has 0 radical (unpaired) electrons. The third-order valence-electron chi connectivity index (χ3n) is 6.08. The van der Waals surface area contributed by atoms with E-state index in [0.29, 0.717) is 32.1 Å². The largest absolute Gasteiger partial charge is 0.469 e. The normalized spacial score (nSPS) is 13.3. The van der Waals surface area contributed by atoms with Crippen LogP contribution >= 0.6 is 11.6 Å². The number of hydrogen-bond donors (Lipinski definition) is 4. The van der Waals surface area contributed by atoms with Gasteiger partial charge in [-0.05, 0) is 38.5 Å². The number of hydrogen-bond acceptors (Lipinski definition) is 8. The van der Waals surface area contributed by atoms with Crippen molar-refractivity contribution in [3.05, 3.63) is 0 Å². The average molecular weight is 581 g/mol. The first-order valence-electron chi connectivity index (χ1n) is 14.3. The molecule has 0 spiro atoms. The number of primary amides is 2. The molecule has 4 unspecified atom stereocenters. The predicted molar refractivity (Wildman–Crippen MR) is 158 cm³/mol. The highest BCUT2D eigenvalue weighted by Gasteiger charge is 2.19. The van der Waals surface area contributed by atoms with Crippen LogP contribution in [0.3, 0.4) is 0 Å². The summed E-state index contributed by atoms with van der Waals surface area (Å²) >= 11 is 6.01.